The molecule has 21 heavy (non-hydrogen) atoms. The van der Waals surface area contributed by atoms with Crippen molar-refractivity contribution in [2.45, 2.75) is 49.4 Å². The van der Waals surface area contributed by atoms with Crippen LogP contribution in [0.1, 0.15) is 31.4 Å². The van der Waals surface area contributed by atoms with Gasteiger partial charge in [-0.3, -0.25) is 4.90 Å². The second-order valence-electron chi connectivity index (χ2n) is 5.87. The van der Waals surface area contributed by atoms with E-state index in [0.717, 1.165) is 25.9 Å². The Kier molecular flexibility index (Phi) is 4.35. The Hall–Kier alpha value is -0.890. The van der Waals surface area contributed by atoms with Crippen LogP contribution < -0.4 is 10.0 Å². The topological polar surface area (TPSA) is 74.6 Å². The number of furan rings is 1. The zero-order chi connectivity index (χ0) is 14.9. The van der Waals surface area contributed by atoms with Crippen LogP contribution >= 0.6 is 0 Å². The summed E-state index contributed by atoms with van der Waals surface area (Å²) < 4.78 is 33.1. The molecule has 0 aromatic carbocycles. The highest BCUT2D eigenvalue weighted by molar-refractivity contribution is 7.89. The fourth-order valence-corrected chi connectivity index (χ4v) is 4.67. The maximum atomic E-state index is 12.4. The van der Waals surface area contributed by atoms with Gasteiger partial charge in [0, 0.05) is 18.6 Å². The third kappa shape index (κ3) is 3.15. The summed E-state index contributed by atoms with van der Waals surface area (Å²) in [6, 6.07) is 3.59. The molecule has 118 valence electrons. The van der Waals surface area contributed by atoms with Gasteiger partial charge in [0.2, 0.25) is 5.09 Å². The Bertz CT molecular complexity index is 584. The van der Waals surface area contributed by atoms with Crippen molar-refractivity contribution in [3.05, 3.63) is 17.9 Å². The van der Waals surface area contributed by atoms with E-state index in [-0.39, 0.29) is 11.1 Å². The molecule has 2 N–H and O–H groups in total. The van der Waals surface area contributed by atoms with Gasteiger partial charge in [-0.25, -0.2) is 13.1 Å². The van der Waals surface area contributed by atoms with Crippen molar-refractivity contribution in [1.82, 2.24) is 14.9 Å². The Morgan fingerprint density at radius 3 is 2.95 bits per heavy atom. The number of nitrogens with one attached hydrogen (secondary N) is 2. The van der Waals surface area contributed by atoms with Gasteiger partial charge in [-0.1, -0.05) is 6.42 Å². The van der Waals surface area contributed by atoms with Crippen molar-refractivity contribution in [2.24, 2.45) is 0 Å². The van der Waals surface area contributed by atoms with E-state index in [1.165, 1.54) is 18.9 Å². The van der Waals surface area contributed by atoms with Crippen molar-refractivity contribution in [3.8, 4) is 0 Å². The SMILES string of the molecule is CNCc1ccc(S(=O)(=O)NC2CCN3CCCCC23)o1. The molecule has 3 rings (SSSR count). The molecule has 0 spiro atoms. The minimum absolute atomic E-state index is 0.00755. The van der Waals surface area contributed by atoms with Crippen LogP contribution in [0.15, 0.2) is 21.6 Å². The Labute approximate surface area is 125 Å². The first-order valence-corrected chi connectivity index (χ1v) is 9.08. The molecule has 2 unspecified atom stereocenters. The van der Waals surface area contributed by atoms with E-state index in [1.54, 1.807) is 13.1 Å². The van der Waals surface area contributed by atoms with Crippen molar-refractivity contribution in [3.63, 3.8) is 0 Å². The van der Waals surface area contributed by atoms with Gasteiger partial charge in [-0.15, -0.1) is 0 Å². The molecule has 0 bridgehead atoms. The number of piperidine rings is 1. The molecule has 0 amide bonds. The minimum atomic E-state index is -3.56. The summed E-state index contributed by atoms with van der Waals surface area (Å²) in [4.78, 5) is 2.41. The van der Waals surface area contributed by atoms with E-state index in [2.05, 4.69) is 14.9 Å². The standard InChI is InChI=1S/C14H23N3O3S/c1-15-10-11-5-6-14(20-11)21(18,19)16-12-7-9-17-8-3-2-4-13(12)17/h5-6,12-13,15-16H,2-4,7-10H2,1H3. The van der Waals surface area contributed by atoms with E-state index in [1.807, 2.05) is 0 Å². The highest BCUT2D eigenvalue weighted by atomic mass is 32.2. The van der Waals surface area contributed by atoms with Gasteiger partial charge in [-0.2, -0.15) is 0 Å². The molecule has 6 nitrogen and oxygen atoms in total. The van der Waals surface area contributed by atoms with Gasteiger partial charge in [0.05, 0.1) is 6.54 Å². The van der Waals surface area contributed by atoms with Crippen molar-refractivity contribution < 1.29 is 12.8 Å². The first-order chi connectivity index (χ1) is 10.1. The molecule has 1 aromatic rings. The lowest BCUT2D eigenvalue weighted by atomic mass is 10.00. The number of hydrogen-bond acceptors (Lipinski definition) is 5. The fourth-order valence-electron chi connectivity index (χ4n) is 3.41. The Morgan fingerprint density at radius 2 is 2.14 bits per heavy atom. The molecule has 0 radical (unpaired) electrons. The fraction of sp³-hybridized carbons (Fsp3) is 0.714. The quantitative estimate of drug-likeness (QED) is 0.845. The smallest absolute Gasteiger partial charge is 0.274 e. The number of sulfonamides is 1. The average Bonchev–Trinajstić information content (AvgIpc) is 3.07. The van der Waals surface area contributed by atoms with E-state index in [4.69, 9.17) is 4.42 Å². The average molecular weight is 313 g/mol. The Balaban J connectivity index is 1.70. The number of hydrogen-bond donors (Lipinski definition) is 2. The number of fused-ring (bicyclic) bond motifs is 1. The van der Waals surface area contributed by atoms with Crippen LogP contribution in [0.2, 0.25) is 0 Å². The van der Waals surface area contributed by atoms with Crippen LogP contribution in [0.25, 0.3) is 0 Å². The van der Waals surface area contributed by atoms with Gasteiger partial charge in [0.1, 0.15) is 5.76 Å². The monoisotopic (exact) mass is 313 g/mol. The molecule has 3 heterocycles. The van der Waals surface area contributed by atoms with E-state index < -0.39 is 10.0 Å². The lowest BCUT2D eigenvalue weighted by Gasteiger charge is -2.32. The summed E-state index contributed by atoms with van der Waals surface area (Å²) in [5.74, 6) is 0.628. The van der Waals surface area contributed by atoms with Gasteiger partial charge < -0.3 is 9.73 Å². The van der Waals surface area contributed by atoms with Crippen LogP contribution in [-0.4, -0.2) is 45.5 Å². The predicted molar refractivity (Wildman–Crippen MR) is 79.4 cm³/mol. The van der Waals surface area contributed by atoms with E-state index in [0.29, 0.717) is 18.3 Å². The lowest BCUT2D eigenvalue weighted by Crippen LogP contribution is -2.46. The summed E-state index contributed by atoms with van der Waals surface area (Å²) in [5, 5.41) is 2.96. The number of rotatable bonds is 5. The first-order valence-electron chi connectivity index (χ1n) is 7.60. The molecule has 2 atom stereocenters. The van der Waals surface area contributed by atoms with Crippen LogP contribution in [0.3, 0.4) is 0 Å². The molecular formula is C14H23N3O3S. The zero-order valence-corrected chi connectivity index (χ0v) is 13.2. The third-order valence-electron chi connectivity index (χ3n) is 4.42. The molecule has 1 aromatic heterocycles. The second-order valence-corrected chi connectivity index (χ2v) is 7.51. The second kappa shape index (κ2) is 6.08. The molecule has 2 saturated heterocycles. The lowest BCUT2D eigenvalue weighted by molar-refractivity contribution is 0.186. The molecular weight excluding hydrogens is 290 g/mol. The van der Waals surface area contributed by atoms with E-state index >= 15 is 0 Å². The highest BCUT2D eigenvalue weighted by Gasteiger charge is 2.38. The molecule has 2 aliphatic heterocycles. The molecule has 0 aliphatic carbocycles. The Morgan fingerprint density at radius 1 is 1.29 bits per heavy atom. The largest absolute Gasteiger partial charge is 0.447 e. The van der Waals surface area contributed by atoms with Gasteiger partial charge in [-0.05, 0) is 45.0 Å². The first kappa shape index (κ1) is 15.0. The molecule has 2 fully saturated rings. The van der Waals surface area contributed by atoms with Crippen molar-refractivity contribution in [2.75, 3.05) is 20.1 Å². The van der Waals surface area contributed by atoms with Gasteiger partial charge in [0.15, 0.2) is 0 Å². The normalized spacial score (nSPS) is 26.9. The molecule has 2 aliphatic rings. The summed E-state index contributed by atoms with van der Waals surface area (Å²) in [7, 11) is -1.77. The molecule has 0 saturated carbocycles. The number of nitrogens with zero attached hydrogens (tertiary/aromatic N) is 1. The molecule has 7 heteroatoms. The third-order valence-corrected chi connectivity index (χ3v) is 5.78. The summed E-state index contributed by atoms with van der Waals surface area (Å²) in [5.41, 5.74) is 0. The van der Waals surface area contributed by atoms with Crippen LogP contribution in [0.4, 0.5) is 0 Å². The van der Waals surface area contributed by atoms with Crippen LogP contribution in [0, 0.1) is 0 Å². The van der Waals surface area contributed by atoms with Gasteiger partial charge in [0.25, 0.3) is 10.0 Å². The zero-order valence-electron chi connectivity index (χ0n) is 12.3. The van der Waals surface area contributed by atoms with E-state index in [9.17, 15) is 8.42 Å². The van der Waals surface area contributed by atoms with Crippen LogP contribution in [0.5, 0.6) is 0 Å². The summed E-state index contributed by atoms with van der Waals surface area (Å²) in [6.45, 7) is 2.60. The summed E-state index contributed by atoms with van der Waals surface area (Å²) >= 11 is 0. The maximum Gasteiger partial charge on any atom is 0.274 e. The van der Waals surface area contributed by atoms with Crippen molar-refractivity contribution in [1.29, 1.82) is 0 Å². The van der Waals surface area contributed by atoms with Crippen molar-refractivity contribution >= 4 is 10.0 Å². The van der Waals surface area contributed by atoms with Crippen LogP contribution in [-0.2, 0) is 16.6 Å². The summed E-state index contributed by atoms with van der Waals surface area (Å²) in [6.07, 6.45) is 4.37. The highest BCUT2D eigenvalue weighted by Crippen LogP contribution is 2.28. The maximum absolute atomic E-state index is 12.4. The minimum Gasteiger partial charge on any atom is -0.447 e. The predicted octanol–water partition coefficient (Wildman–Crippen LogP) is 0.904. The van der Waals surface area contributed by atoms with Gasteiger partial charge >= 0.3 is 0 Å².